The van der Waals surface area contributed by atoms with Crippen LogP contribution in [0.25, 0.3) is 5.69 Å². The maximum absolute atomic E-state index is 12.8. The molecule has 4 heteroatoms. The fraction of sp³-hybridized carbons (Fsp3) is 0.238. The molecule has 2 aromatic carbocycles. The van der Waals surface area contributed by atoms with Crippen LogP contribution in [-0.2, 0) is 6.42 Å². The number of benzene rings is 2. The van der Waals surface area contributed by atoms with Crippen molar-refractivity contribution in [2.45, 2.75) is 34.1 Å². The van der Waals surface area contributed by atoms with Gasteiger partial charge in [0.1, 0.15) is 0 Å². The molecule has 1 N–H and O–H groups in total. The van der Waals surface area contributed by atoms with Gasteiger partial charge in [-0.1, -0.05) is 37.3 Å². The maximum atomic E-state index is 12.8. The van der Waals surface area contributed by atoms with Crippen molar-refractivity contribution in [3.05, 3.63) is 76.6 Å². The van der Waals surface area contributed by atoms with Crippen molar-refractivity contribution in [3.8, 4) is 5.69 Å². The first-order valence-corrected chi connectivity index (χ1v) is 8.52. The molecular formula is C21H23N3O. The number of aryl methyl sites for hydroxylation is 3. The van der Waals surface area contributed by atoms with Crippen LogP contribution >= 0.6 is 0 Å². The molecule has 3 rings (SSSR count). The fourth-order valence-electron chi connectivity index (χ4n) is 3.04. The zero-order chi connectivity index (χ0) is 18.0. The third-order valence-electron chi connectivity index (χ3n) is 4.48. The molecule has 0 aliphatic rings. The molecule has 0 fully saturated rings. The lowest BCUT2D eigenvalue weighted by molar-refractivity contribution is 0.102. The number of nitrogens with one attached hydrogen (secondary N) is 1. The summed E-state index contributed by atoms with van der Waals surface area (Å²) in [5.41, 5.74) is 6.64. The molecule has 1 amide bonds. The Labute approximate surface area is 148 Å². The van der Waals surface area contributed by atoms with Crippen LogP contribution in [0.15, 0.2) is 48.7 Å². The van der Waals surface area contributed by atoms with Gasteiger partial charge in [-0.05, 0) is 56.0 Å². The summed E-state index contributed by atoms with van der Waals surface area (Å²) in [4.78, 5) is 12.8. The van der Waals surface area contributed by atoms with E-state index in [-0.39, 0.29) is 5.91 Å². The zero-order valence-corrected chi connectivity index (χ0v) is 15.1. The summed E-state index contributed by atoms with van der Waals surface area (Å²) in [5, 5.41) is 7.48. The van der Waals surface area contributed by atoms with Crippen molar-refractivity contribution in [3.63, 3.8) is 0 Å². The fourth-order valence-corrected chi connectivity index (χ4v) is 3.04. The Hall–Kier alpha value is -2.88. The molecule has 0 unspecified atom stereocenters. The van der Waals surface area contributed by atoms with Crippen molar-refractivity contribution in [1.29, 1.82) is 0 Å². The Bertz CT molecular complexity index is 925. The molecule has 25 heavy (non-hydrogen) atoms. The number of nitrogens with zero attached hydrogens (tertiary/aromatic N) is 2. The van der Waals surface area contributed by atoms with E-state index in [0.717, 1.165) is 40.2 Å². The normalized spacial score (nSPS) is 10.7. The van der Waals surface area contributed by atoms with Crippen LogP contribution in [0.5, 0.6) is 0 Å². The highest BCUT2D eigenvalue weighted by Gasteiger charge is 2.17. The van der Waals surface area contributed by atoms with E-state index in [4.69, 9.17) is 0 Å². The number of anilines is 1. The molecule has 128 valence electrons. The van der Waals surface area contributed by atoms with Gasteiger partial charge < -0.3 is 5.32 Å². The van der Waals surface area contributed by atoms with E-state index in [1.807, 2.05) is 57.2 Å². The smallest absolute Gasteiger partial charge is 0.259 e. The molecule has 1 heterocycles. The molecule has 1 aromatic heterocycles. The highest BCUT2D eigenvalue weighted by atomic mass is 16.1. The van der Waals surface area contributed by atoms with E-state index >= 15 is 0 Å². The number of para-hydroxylation sites is 1. The molecule has 0 radical (unpaired) electrons. The summed E-state index contributed by atoms with van der Waals surface area (Å²) in [6.45, 7) is 8.06. The summed E-state index contributed by atoms with van der Waals surface area (Å²) >= 11 is 0. The Kier molecular flexibility index (Phi) is 4.70. The van der Waals surface area contributed by atoms with Crippen LogP contribution in [-0.4, -0.2) is 15.7 Å². The van der Waals surface area contributed by atoms with E-state index in [9.17, 15) is 4.79 Å². The molecule has 0 aliphatic carbocycles. The van der Waals surface area contributed by atoms with Crippen molar-refractivity contribution in [1.82, 2.24) is 9.78 Å². The summed E-state index contributed by atoms with van der Waals surface area (Å²) < 4.78 is 1.81. The van der Waals surface area contributed by atoms with Crippen molar-refractivity contribution in [2.24, 2.45) is 0 Å². The number of aromatic nitrogens is 2. The second-order valence-corrected chi connectivity index (χ2v) is 6.31. The zero-order valence-electron chi connectivity index (χ0n) is 15.1. The van der Waals surface area contributed by atoms with Crippen LogP contribution < -0.4 is 5.32 Å². The number of carbonyl (C=O) groups excluding carboxylic acids is 1. The van der Waals surface area contributed by atoms with Gasteiger partial charge in [0.2, 0.25) is 0 Å². The number of rotatable bonds is 4. The second kappa shape index (κ2) is 6.93. The van der Waals surface area contributed by atoms with E-state index in [2.05, 4.69) is 23.4 Å². The first-order chi connectivity index (χ1) is 12.0. The highest BCUT2D eigenvalue weighted by molar-refractivity contribution is 6.05. The summed E-state index contributed by atoms with van der Waals surface area (Å²) in [6, 6.07) is 14.2. The summed E-state index contributed by atoms with van der Waals surface area (Å²) in [5.74, 6) is -0.125. The lowest BCUT2D eigenvalue weighted by Crippen LogP contribution is -2.15. The highest BCUT2D eigenvalue weighted by Crippen LogP contribution is 2.23. The van der Waals surface area contributed by atoms with Gasteiger partial charge in [-0.2, -0.15) is 5.10 Å². The van der Waals surface area contributed by atoms with Crippen LogP contribution in [0.4, 0.5) is 5.69 Å². The lowest BCUT2D eigenvalue weighted by atomic mass is 10.1. The Morgan fingerprint density at radius 1 is 1.12 bits per heavy atom. The standard InChI is InChI=1S/C21H23N3O/c1-5-17-10-7-9-15(3)20(17)23-21(25)19-13-22-24(16(19)4)18-11-6-8-14(2)12-18/h6-13H,5H2,1-4H3,(H,23,25). The average molecular weight is 333 g/mol. The van der Waals surface area contributed by atoms with Gasteiger partial charge in [-0.3, -0.25) is 4.79 Å². The second-order valence-electron chi connectivity index (χ2n) is 6.31. The van der Waals surface area contributed by atoms with Crippen molar-refractivity contribution < 1.29 is 4.79 Å². The van der Waals surface area contributed by atoms with Gasteiger partial charge in [0.15, 0.2) is 0 Å². The van der Waals surface area contributed by atoms with Gasteiger partial charge in [0, 0.05) is 5.69 Å². The lowest BCUT2D eigenvalue weighted by Gasteiger charge is -2.13. The molecular weight excluding hydrogens is 310 g/mol. The van der Waals surface area contributed by atoms with E-state index in [1.54, 1.807) is 10.9 Å². The maximum Gasteiger partial charge on any atom is 0.259 e. The molecule has 0 saturated heterocycles. The first-order valence-electron chi connectivity index (χ1n) is 8.52. The van der Waals surface area contributed by atoms with Crippen LogP contribution in [0.1, 0.15) is 39.7 Å². The predicted octanol–water partition coefficient (Wildman–Crippen LogP) is 4.61. The number of hydrogen-bond donors (Lipinski definition) is 1. The third kappa shape index (κ3) is 3.33. The Morgan fingerprint density at radius 3 is 2.60 bits per heavy atom. The van der Waals surface area contributed by atoms with E-state index in [1.165, 1.54) is 0 Å². The summed E-state index contributed by atoms with van der Waals surface area (Å²) in [6.07, 6.45) is 2.51. The predicted molar refractivity (Wildman–Crippen MR) is 102 cm³/mol. The van der Waals surface area contributed by atoms with Gasteiger partial charge in [0.25, 0.3) is 5.91 Å². The topological polar surface area (TPSA) is 46.9 Å². The minimum absolute atomic E-state index is 0.125. The largest absolute Gasteiger partial charge is 0.321 e. The SMILES string of the molecule is CCc1cccc(C)c1NC(=O)c1cnn(-c2cccc(C)c2)c1C. The number of amides is 1. The van der Waals surface area contributed by atoms with Crippen LogP contribution in [0.2, 0.25) is 0 Å². The number of carbonyl (C=O) groups is 1. The Morgan fingerprint density at radius 2 is 1.88 bits per heavy atom. The molecule has 0 saturated carbocycles. The van der Waals surface area contributed by atoms with Gasteiger partial charge >= 0.3 is 0 Å². The van der Waals surface area contributed by atoms with Gasteiger partial charge in [-0.25, -0.2) is 4.68 Å². The van der Waals surface area contributed by atoms with Gasteiger partial charge in [0.05, 0.1) is 23.1 Å². The summed E-state index contributed by atoms with van der Waals surface area (Å²) in [7, 11) is 0. The quantitative estimate of drug-likeness (QED) is 0.758. The number of hydrogen-bond acceptors (Lipinski definition) is 2. The third-order valence-corrected chi connectivity index (χ3v) is 4.48. The van der Waals surface area contributed by atoms with Crippen LogP contribution in [0.3, 0.4) is 0 Å². The Balaban J connectivity index is 1.92. The van der Waals surface area contributed by atoms with Crippen molar-refractivity contribution in [2.75, 3.05) is 5.32 Å². The minimum atomic E-state index is -0.125. The van der Waals surface area contributed by atoms with Crippen molar-refractivity contribution >= 4 is 11.6 Å². The minimum Gasteiger partial charge on any atom is -0.321 e. The molecule has 0 bridgehead atoms. The molecule has 0 aliphatic heterocycles. The van der Waals surface area contributed by atoms with Crippen LogP contribution in [0, 0.1) is 20.8 Å². The average Bonchev–Trinajstić information content (AvgIpc) is 2.98. The van der Waals surface area contributed by atoms with E-state index < -0.39 is 0 Å². The molecule has 4 nitrogen and oxygen atoms in total. The van der Waals surface area contributed by atoms with Gasteiger partial charge in [-0.15, -0.1) is 0 Å². The molecule has 0 spiro atoms. The first kappa shape index (κ1) is 17.0. The molecule has 3 aromatic rings. The molecule has 0 atom stereocenters. The monoisotopic (exact) mass is 333 g/mol. The van der Waals surface area contributed by atoms with E-state index in [0.29, 0.717) is 5.56 Å².